The number of nitrogens with two attached hydrogens (primary N) is 1. The molecule has 0 saturated heterocycles. The smallest absolute Gasteiger partial charge is 0.158 e. The molecule has 0 saturated carbocycles. The van der Waals surface area contributed by atoms with Crippen LogP contribution in [0.4, 0.5) is 11.6 Å². The first-order valence-corrected chi connectivity index (χ1v) is 7.02. The third kappa shape index (κ3) is 3.62. The van der Waals surface area contributed by atoms with Gasteiger partial charge in [-0.25, -0.2) is 20.8 Å². The second-order valence-corrected chi connectivity index (χ2v) is 5.21. The Bertz CT molecular complexity index is 573. The number of hydrogen-bond acceptors (Lipinski definition) is 8. The molecule has 108 valence electrons. The predicted octanol–water partition coefficient (Wildman–Crippen LogP) is 1.85. The summed E-state index contributed by atoms with van der Waals surface area (Å²) < 4.78 is 5.04. The quantitative estimate of drug-likeness (QED) is 0.552. The van der Waals surface area contributed by atoms with Gasteiger partial charge in [-0.1, -0.05) is 0 Å². The van der Waals surface area contributed by atoms with Crippen LogP contribution >= 0.6 is 11.3 Å². The number of nitrogens with zero attached hydrogens (tertiary/aromatic N) is 3. The molecule has 0 aliphatic heterocycles. The van der Waals surface area contributed by atoms with E-state index in [2.05, 4.69) is 25.7 Å². The van der Waals surface area contributed by atoms with Gasteiger partial charge in [0.05, 0.1) is 6.04 Å². The molecule has 0 fully saturated rings. The number of aromatic nitrogens is 3. The normalized spacial score (nSPS) is 12.2. The third-order valence-electron chi connectivity index (χ3n) is 2.57. The molecule has 1 unspecified atom stereocenters. The Morgan fingerprint density at radius 1 is 1.35 bits per heavy atom. The van der Waals surface area contributed by atoms with Gasteiger partial charge in [-0.05, 0) is 13.8 Å². The molecule has 2 aromatic heterocycles. The number of nitrogens with one attached hydrogen (secondary N) is 2. The summed E-state index contributed by atoms with van der Waals surface area (Å²) in [6.07, 6.45) is 0. The maximum atomic E-state index is 5.41. The summed E-state index contributed by atoms with van der Waals surface area (Å²) in [5.41, 5.74) is 3.54. The average molecular weight is 294 g/mol. The Hall–Kier alpha value is -1.77. The van der Waals surface area contributed by atoms with Crippen molar-refractivity contribution in [3.63, 3.8) is 0 Å². The minimum Gasteiger partial charge on any atom is -0.377 e. The van der Waals surface area contributed by atoms with E-state index in [0.29, 0.717) is 24.1 Å². The van der Waals surface area contributed by atoms with E-state index in [4.69, 9.17) is 10.6 Å². The Kier molecular flexibility index (Phi) is 4.83. The highest BCUT2D eigenvalue weighted by atomic mass is 32.1. The van der Waals surface area contributed by atoms with Gasteiger partial charge in [0.1, 0.15) is 23.3 Å². The third-order valence-corrected chi connectivity index (χ3v) is 3.71. The minimum atomic E-state index is 0.0598. The number of ether oxygens (including phenoxy) is 1. The largest absolute Gasteiger partial charge is 0.377 e. The van der Waals surface area contributed by atoms with Crippen molar-refractivity contribution >= 4 is 23.0 Å². The van der Waals surface area contributed by atoms with E-state index >= 15 is 0 Å². The Balaban J connectivity index is 2.17. The number of nitrogen functional groups attached to an aromatic ring is 1. The number of methoxy groups -OCH3 is 1. The van der Waals surface area contributed by atoms with Crippen LogP contribution in [0.15, 0.2) is 11.4 Å². The van der Waals surface area contributed by atoms with Crippen LogP contribution in [0, 0.1) is 6.92 Å². The van der Waals surface area contributed by atoms with Crippen LogP contribution in [-0.2, 0) is 11.3 Å². The van der Waals surface area contributed by atoms with Gasteiger partial charge in [0.25, 0.3) is 0 Å². The summed E-state index contributed by atoms with van der Waals surface area (Å²) in [4.78, 5) is 13.0. The molecule has 0 amide bonds. The summed E-state index contributed by atoms with van der Waals surface area (Å²) >= 11 is 1.62. The summed E-state index contributed by atoms with van der Waals surface area (Å²) in [5, 5.41) is 6.33. The fourth-order valence-electron chi connectivity index (χ4n) is 1.69. The van der Waals surface area contributed by atoms with Crippen LogP contribution in [0.5, 0.6) is 0 Å². The molecule has 0 aliphatic carbocycles. The zero-order chi connectivity index (χ0) is 14.5. The molecule has 7 nitrogen and oxygen atoms in total. The van der Waals surface area contributed by atoms with Gasteiger partial charge in [0, 0.05) is 24.3 Å². The van der Waals surface area contributed by atoms with Crippen LogP contribution in [-0.4, -0.2) is 22.1 Å². The number of hydrogen-bond donors (Lipinski definition) is 3. The van der Waals surface area contributed by atoms with Crippen molar-refractivity contribution in [3.05, 3.63) is 28.0 Å². The number of anilines is 2. The van der Waals surface area contributed by atoms with E-state index in [-0.39, 0.29) is 6.04 Å². The van der Waals surface area contributed by atoms with E-state index in [9.17, 15) is 0 Å². The van der Waals surface area contributed by atoms with Gasteiger partial charge < -0.3 is 15.5 Å². The first-order valence-electron chi connectivity index (χ1n) is 6.14. The van der Waals surface area contributed by atoms with Gasteiger partial charge in [-0.3, -0.25) is 0 Å². The topological polar surface area (TPSA) is 98.0 Å². The first kappa shape index (κ1) is 14.6. The molecule has 0 aromatic carbocycles. The molecule has 20 heavy (non-hydrogen) atoms. The number of rotatable bonds is 6. The monoisotopic (exact) mass is 294 g/mol. The molecule has 2 rings (SSSR count). The zero-order valence-corrected chi connectivity index (χ0v) is 12.5. The van der Waals surface area contributed by atoms with Crippen LogP contribution < -0.4 is 16.6 Å². The highest BCUT2D eigenvalue weighted by Crippen LogP contribution is 2.22. The zero-order valence-electron chi connectivity index (χ0n) is 11.7. The van der Waals surface area contributed by atoms with Crippen molar-refractivity contribution in [2.75, 3.05) is 17.9 Å². The molecule has 0 radical (unpaired) electrons. The summed E-state index contributed by atoms with van der Waals surface area (Å²) in [5.74, 6) is 7.19. The van der Waals surface area contributed by atoms with Crippen LogP contribution in [0.2, 0.25) is 0 Å². The van der Waals surface area contributed by atoms with Crippen LogP contribution in [0.25, 0.3) is 0 Å². The lowest BCUT2D eigenvalue weighted by Crippen LogP contribution is -2.14. The molecule has 0 spiro atoms. The van der Waals surface area contributed by atoms with Crippen LogP contribution in [0.3, 0.4) is 0 Å². The van der Waals surface area contributed by atoms with Gasteiger partial charge in [-0.15, -0.1) is 11.3 Å². The standard InChI is InChI=1S/C12H18N6OS/c1-7-6-20-12(14-7)8(2)15-9-4-10(18-13)17-11(16-9)5-19-3/h4,6,8H,5,13H2,1-3H3,(H2,15,16,17,18). The van der Waals surface area contributed by atoms with Crippen molar-refractivity contribution in [3.8, 4) is 0 Å². The van der Waals surface area contributed by atoms with Crippen molar-refractivity contribution in [1.82, 2.24) is 15.0 Å². The molecule has 2 heterocycles. The van der Waals surface area contributed by atoms with Gasteiger partial charge in [-0.2, -0.15) is 0 Å². The lowest BCUT2D eigenvalue weighted by molar-refractivity contribution is 0.178. The number of thiazole rings is 1. The Labute approximate surface area is 121 Å². The predicted molar refractivity (Wildman–Crippen MR) is 79.4 cm³/mol. The summed E-state index contributed by atoms with van der Waals surface area (Å²) in [7, 11) is 1.60. The second-order valence-electron chi connectivity index (χ2n) is 4.33. The van der Waals surface area contributed by atoms with Gasteiger partial charge >= 0.3 is 0 Å². The van der Waals surface area contributed by atoms with Gasteiger partial charge in [0.15, 0.2) is 5.82 Å². The molecule has 4 N–H and O–H groups in total. The maximum absolute atomic E-state index is 5.41. The van der Waals surface area contributed by atoms with E-state index in [1.54, 1.807) is 24.5 Å². The number of aryl methyl sites for hydroxylation is 1. The Morgan fingerprint density at radius 3 is 2.70 bits per heavy atom. The minimum absolute atomic E-state index is 0.0598. The van der Waals surface area contributed by atoms with E-state index in [1.165, 1.54) is 0 Å². The lowest BCUT2D eigenvalue weighted by atomic mass is 10.3. The highest BCUT2D eigenvalue weighted by Gasteiger charge is 2.11. The number of hydrazine groups is 1. The molecular formula is C12H18N6OS. The summed E-state index contributed by atoms with van der Waals surface area (Å²) in [6.45, 7) is 4.34. The van der Waals surface area contributed by atoms with Crippen molar-refractivity contribution in [1.29, 1.82) is 0 Å². The molecule has 8 heteroatoms. The SMILES string of the molecule is COCc1nc(NN)cc(NC(C)c2nc(C)cs2)n1. The van der Waals surface area contributed by atoms with Crippen LogP contribution in [0.1, 0.15) is 29.5 Å². The second kappa shape index (κ2) is 6.60. The van der Waals surface area contributed by atoms with Crippen molar-refractivity contribution < 1.29 is 4.74 Å². The summed E-state index contributed by atoms with van der Waals surface area (Å²) in [6, 6.07) is 1.81. The van der Waals surface area contributed by atoms with E-state index < -0.39 is 0 Å². The highest BCUT2D eigenvalue weighted by molar-refractivity contribution is 7.09. The van der Waals surface area contributed by atoms with Crippen molar-refractivity contribution in [2.24, 2.45) is 5.84 Å². The molecule has 0 aliphatic rings. The van der Waals surface area contributed by atoms with E-state index in [1.807, 2.05) is 19.2 Å². The average Bonchev–Trinajstić information content (AvgIpc) is 2.85. The fraction of sp³-hybridized carbons (Fsp3) is 0.417. The first-order chi connectivity index (χ1) is 9.62. The van der Waals surface area contributed by atoms with Crippen molar-refractivity contribution in [2.45, 2.75) is 26.5 Å². The molecule has 2 aromatic rings. The Morgan fingerprint density at radius 2 is 2.10 bits per heavy atom. The molecular weight excluding hydrogens is 276 g/mol. The lowest BCUT2D eigenvalue weighted by Gasteiger charge is -2.13. The van der Waals surface area contributed by atoms with E-state index in [0.717, 1.165) is 10.7 Å². The fourth-order valence-corrected chi connectivity index (χ4v) is 2.50. The maximum Gasteiger partial charge on any atom is 0.158 e. The molecule has 0 bridgehead atoms. The molecule has 1 atom stereocenters. The van der Waals surface area contributed by atoms with Gasteiger partial charge in [0.2, 0.25) is 0 Å².